The maximum atomic E-state index is 13.7. The minimum Gasteiger partial charge on any atom is -0.283 e. The van der Waals surface area contributed by atoms with Crippen molar-refractivity contribution in [3.05, 3.63) is 68.8 Å². The van der Waals surface area contributed by atoms with Gasteiger partial charge in [0.2, 0.25) is 10.9 Å². The van der Waals surface area contributed by atoms with Gasteiger partial charge in [0.1, 0.15) is 0 Å². The van der Waals surface area contributed by atoms with E-state index in [1.165, 1.54) is 4.41 Å². The zero-order valence-corrected chi connectivity index (χ0v) is 24.3. The molecular weight excluding hydrogens is 583 g/mol. The van der Waals surface area contributed by atoms with Crippen LogP contribution >= 0.6 is 34.8 Å². The molecule has 1 N–H and O–H groups in total. The molecule has 3 heterocycles. The van der Waals surface area contributed by atoms with Crippen LogP contribution in [0.4, 0.5) is 0 Å². The summed E-state index contributed by atoms with van der Waals surface area (Å²) in [5, 5.41) is 9.77. The van der Waals surface area contributed by atoms with E-state index >= 15 is 0 Å². The van der Waals surface area contributed by atoms with E-state index in [0.29, 0.717) is 50.7 Å². The second kappa shape index (κ2) is 12.6. The third-order valence-corrected chi connectivity index (χ3v) is 8.53. The van der Waals surface area contributed by atoms with Gasteiger partial charge in [0, 0.05) is 47.4 Å². The first-order valence-corrected chi connectivity index (χ1v) is 15.1. The first-order chi connectivity index (χ1) is 18.8. The van der Waals surface area contributed by atoms with Gasteiger partial charge in [-0.15, -0.1) is 4.41 Å². The molecule has 3 aromatic rings. The number of aromatic nitrogens is 2. The van der Waals surface area contributed by atoms with Crippen LogP contribution in [-0.4, -0.2) is 64.7 Å². The highest BCUT2D eigenvalue weighted by atomic mass is 35.5. The number of nitrogens with zero attached hydrogens (tertiary/aromatic N) is 5. The van der Waals surface area contributed by atoms with E-state index in [1.54, 1.807) is 40.0 Å². The van der Waals surface area contributed by atoms with Crippen molar-refractivity contribution in [2.75, 3.05) is 26.2 Å². The molecule has 208 valence electrons. The van der Waals surface area contributed by atoms with Crippen LogP contribution < -0.4 is 5.43 Å². The average Bonchev–Trinajstić information content (AvgIpc) is 3.57. The summed E-state index contributed by atoms with van der Waals surface area (Å²) in [6.07, 6.45) is 4.87. The molecule has 1 amide bonds. The highest BCUT2D eigenvalue weighted by molar-refractivity contribution is 7.69. The quantitative estimate of drug-likeness (QED) is 0.350. The predicted octanol–water partition coefficient (Wildman–Crippen LogP) is 4.97. The second-order valence-electron chi connectivity index (χ2n) is 9.61. The van der Waals surface area contributed by atoms with Crippen LogP contribution in [0.1, 0.15) is 48.2 Å². The third-order valence-electron chi connectivity index (χ3n) is 6.97. The number of hydrogen-bond donors (Lipinski definition) is 2. The van der Waals surface area contributed by atoms with Crippen molar-refractivity contribution in [3.8, 4) is 16.9 Å². The standard InChI is InChI=1S/C26H29Cl3N6O3S/c27-19-8-6-18(7-9-19)25-21(17-34(39(37)38)33-14-4-5-15-33)24(26(36)31-32-12-2-1-3-13-32)30-35(25)23-11-10-20(28)16-22(23)29/h6-11,16,39H,1-5,12-15,17H2,(H,31,36). The van der Waals surface area contributed by atoms with Crippen molar-refractivity contribution in [2.24, 2.45) is 0 Å². The first kappa shape index (κ1) is 28.4. The molecule has 0 aliphatic carbocycles. The fraction of sp³-hybridized carbons (Fsp3) is 0.385. The van der Waals surface area contributed by atoms with Gasteiger partial charge in [0.25, 0.3) is 5.91 Å². The molecule has 2 aromatic carbocycles. The molecule has 9 nitrogen and oxygen atoms in total. The molecule has 0 spiro atoms. The summed E-state index contributed by atoms with van der Waals surface area (Å²) < 4.78 is 27.9. The number of rotatable bonds is 8. The Balaban J connectivity index is 1.69. The monoisotopic (exact) mass is 610 g/mol. The Kier molecular flexibility index (Phi) is 9.13. The Morgan fingerprint density at radius 2 is 1.54 bits per heavy atom. The second-order valence-corrected chi connectivity index (χ2v) is 11.8. The van der Waals surface area contributed by atoms with E-state index < -0.39 is 16.8 Å². The Bertz CT molecular complexity index is 1410. The summed E-state index contributed by atoms with van der Waals surface area (Å²) in [5.41, 5.74) is 5.32. The number of nitrogens with one attached hydrogen (secondary N) is 1. The number of halogens is 3. The van der Waals surface area contributed by atoms with Crippen molar-refractivity contribution in [2.45, 2.75) is 38.6 Å². The van der Waals surface area contributed by atoms with Gasteiger partial charge in [-0.2, -0.15) is 5.10 Å². The minimum absolute atomic E-state index is 0.0649. The van der Waals surface area contributed by atoms with Crippen LogP contribution in [0.2, 0.25) is 15.1 Å². The predicted molar refractivity (Wildman–Crippen MR) is 154 cm³/mol. The maximum absolute atomic E-state index is 13.7. The molecular formula is C26H29Cl3N6O3S. The number of amides is 1. The Morgan fingerprint density at radius 3 is 2.18 bits per heavy atom. The number of carbonyl (C=O) groups excluding carboxylic acids is 1. The van der Waals surface area contributed by atoms with E-state index in [2.05, 4.69) is 5.43 Å². The van der Waals surface area contributed by atoms with Gasteiger partial charge in [0.15, 0.2) is 5.69 Å². The van der Waals surface area contributed by atoms with Gasteiger partial charge in [-0.25, -0.2) is 23.1 Å². The maximum Gasteiger partial charge on any atom is 0.286 e. The molecule has 13 heteroatoms. The number of hydrazine groups is 2. The molecule has 2 aliphatic heterocycles. The van der Waals surface area contributed by atoms with Crippen molar-refractivity contribution < 1.29 is 13.2 Å². The summed E-state index contributed by atoms with van der Waals surface area (Å²) in [4.78, 5) is 13.7. The lowest BCUT2D eigenvalue weighted by Gasteiger charge is -2.27. The summed E-state index contributed by atoms with van der Waals surface area (Å²) in [5.74, 6) is -0.409. The van der Waals surface area contributed by atoms with Gasteiger partial charge in [-0.3, -0.25) is 10.2 Å². The topological polar surface area (TPSA) is 90.8 Å². The Labute approximate surface area is 244 Å². The van der Waals surface area contributed by atoms with Gasteiger partial charge in [0.05, 0.1) is 22.9 Å². The Morgan fingerprint density at radius 1 is 0.897 bits per heavy atom. The van der Waals surface area contributed by atoms with Gasteiger partial charge in [-0.1, -0.05) is 53.4 Å². The van der Waals surface area contributed by atoms with E-state index in [9.17, 15) is 13.2 Å². The lowest BCUT2D eigenvalue weighted by molar-refractivity contribution is 0.0729. The zero-order valence-electron chi connectivity index (χ0n) is 21.2. The summed E-state index contributed by atoms with van der Waals surface area (Å²) in [6, 6.07) is 12.1. The molecule has 1 aromatic heterocycles. The van der Waals surface area contributed by atoms with Crippen molar-refractivity contribution in [1.29, 1.82) is 0 Å². The molecule has 2 saturated heterocycles. The lowest BCUT2D eigenvalue weighted by Crippen LogP contribution is -2.45. The SMILES string of the molecule is O=C(NN1CCCCC1)c1nn(-c2ccc(Cl)cc2Cl)c(-c2ccc(Cl)cc2)c1CN(N1CCCC1)[SH](=O)=O. The van der Waals surface area contributed by atoms with Crippen molar-refractivity contribution in [3.63, 3.8) is 0 Å². The number of thiol groups is 1. The molecule has 2 aliphatic rings. The molecule has 0 radical (unpaired) electrons. The molecule has 0 bridgehead atoms. The van der Waals surface area contributed by atoms with Gasteiger partial charge < -0.3 is 0 Å². The largest absolute Gasteiger partial charge is 0.286 e. The first-order valence-electron chi connectivity index (χ1n) is 12.9. The molecule has 2 fully saturated rings. The van der Waals surface area contributed by atoms with E-state index in [1.807, 2.05) is 17.1 Å². The number of carbonyl (C=O) groups is 1. The number of piperidine rings is 1. The summed E-state index contributed by atoms with van der Waals surface area (Å²) >= 11 is 19.0. The lowest BCUT2D eigenvalue weighted by atomic mass is 10.0. The smallest absolute Gasteiger partial charge is 0.283 e. The number of hydrogen-bond acceptors (Lipinski definition) is 6. The Hall–Kier alpha value is -2.18. The van der Waals surface area contributed by atoms with Crippen LogP contribution in [-0.2, 0) is 17.4 Å². The van der Waals surface area contributed by atoms with Gasteiger partial charge >= 0.3 is 0 Å². The van der Waals surface area contributed by atoms with E-state index in [4.69, 9.17) is 39.9 Å². The third kappa shape index (κ3) is 6.43. The molecule has 39 heavy (non-hydrogen) atoms. The molecule has 0 unspecified atom stereocenters. The minimum atomic E-state index is -2.97. The van der Waals surface area contributed by atoms with Crippen LogP contribution in [0, 0.1) is 0 Å². The van der Waals surface area contributed by atoms with Crippen LogP contribution in [0.15, 0.2) is 42.5 Å². The summed E-state index contributed by atoms with van der Waals surface area (Å²) in [6.45, 7) is 2.64. The molecule has 5 rings (SSSR count). The molecule has 0 saturated carbocycles. The van der Waals surface area contributed by atoms with E-state index in [-0.39, 0.29) is 12.2 Å². The molecule has 0 atom stereocenters. The van der Waals surface area contributed by atoms with E-state index in [0.717, 1.165) is 45.2 Å². The van der Waals surface area contributed by atoms with Crippen LogP contribution in [0.25, 0.3) is 16.9 Å². The zero-order chi connectivity index (χ0) is 27.5. The van der Waals surface area contributed by atoms with Crippen molar-refractivity contribution >= 4 is 51.6 Å². The highest BCUT2D eigenvalue weighted by Gasteiger charge is 2.31. The normalized spacial score (nSPS) is 16.8. The van der Waals surface area contributed by atoms with Crippen LogP contribution in [0.3, 0.4) is 0 Å². The summed E-state index contributed by atoms with van der Waals surface area (Å²) in [7, 11) is -2.97. The van der Waals surface area contributed by atoms with Gasteiger partial charge in [-0.05, 0) is 56.0 Å². The van der Waals surface area contributed by atoms with Crippen LogP contribution in [0.5, 0.6) is 0 Å². The fourth-order valence-corrected chi connectivity index (χ4v) is 6.31. The average molecular weight is 612 g/mol. The number of benzene rings is 2. The highest BCUT2D eigenvalue weighted by Crippen LogP contribution is 2.35. The fourth-order valence-electron chi connectivity index (χ4n) is 5.05. The van der Waals surface area contributed by atoms with Crippen molar-refractivity contribution in [1.82, 2.24) is 29.6 Å².